The van der Waals surface area contributed by atoms with Crippen molar-refractivity contribution in [2.45, 2.75) is 44.5 Å². The van der Waals surface area contributed by atoms with Gasteiger partial charge in [0.2, 0.25) is 10.0 Å². The molecular weight excluding hydrogens is 278 g/mol. The van der Waals surface area contributed by atoms with Crippen LogP contribution in [-0.4, -0.2) is 55.5 Å². The molecule has 3 fully saturated rings. The average molecular weight is 303 g/mol. The van der Waals surface area contributed by atoms with Crippen LogP contribution in [0.25, 0.3) is 0 Å². The third-order valence-electron chi connectivity index (χ3n) is 5.64. The van der Waals surface area contributed by atoms with Crippen molar-refractivity contribution in [1.29, 1.82) is 0 Å². The molecular formula is C14H25NO4S. The summed E-state index contributed by atoms with van der Waals surface area (Å²) in [4.78, 5) is 0. The lowest BCUT2D eigenvalue weighted by molar-refractivity contribution is -0.156. The van der Waals surface area contributed by atoms with Crippen molar-refractivity contribution in [2.75, 3.05) is 26.3 Å². The molecule has 2 unspecified atom stereocenters. The number of nitrogens with zero attached hydrogens (tertiary/aromatic N) is 1. The lowest BCUT2D eigenvalue weighted by Gasteiger charge is -2.57. The predicted octanol–water partition coefficient (Wildman–Crippen LogP) is 0.834. The van der Waals surface area contributed by atoms with E-state index in [0.717, 1.165) is 19.3 Å². The number of sulfonamides is 1. The summed E-state index contributed by atoms with van der Waals surface area (Å²) in [6, 6.07) is 0. The number of rotatable bonds is 3. The van der Waals surface area contributed by atoms with Crippen LogP contribution < -0.4 is 0 Å². The highest BCUT2D eigenvalue weighted by Gasteiger charge is 2.55. The summed E-state index contributed by atoms with van der Waals surface area (Å²) in [5.41, 5.74) is -0.0168. The fraction of sp³-hybridized carbons (Fsp3) is 1.00. The van der Waals surface area contributed by atoms with E-state index in [9.17, 15) is 13.5 Å². The second-order valence-corrected chi connectivity index (χ2v) is 9.24. The highest BCUT2D eigenvalue weighted by molar-refractivity contribution is 7.89. The average Bonchev–Trinajstić information content (AvgIpc) is 2.33. The molecule has 1 spiro atoms. The summed E-state index contributed by atoms with van der Waals surface area (Å²) in [6.45, 7) is 6.08. The van der Waals surface area contributed by atoms with Gasteiger partial charge >= 0.3 is 0 Å². The molecule has 2 heterocycles. The van der Waals surface area contributed by atoms with Crippen LogP contribution in [0.1, 0.15) is 33.1 Å². The minimum absolute atomic E-state index is 0.0168. The summed E-state index contributed by atoms with van der Waals surface area (Å²) < 4.78 is 31.3. The van der Waals surface area contributed by atoms with E-state index >= 15 is 0 Å². The summed E-state index contributed by atoms with van der Waals surface area (Å²) in [6.07, 6.45) is 2.39. The van der Waals surface area contributed by atoms with Crippen LogP contribution in [0.3, 0.4) is 0 Å². The number of ether oxygens (including phenoxy) is 1. The predicted molar refractivity (Wildman–Crippen MR) is 75.7 cm³/mol. The molecule has 3 aliphatic rings. The topological polar surface area (TPSA) is 66.8 Å². The van der Waals surface area contributed by atoms with E-state index in [4.69, 9.17) is 4.74 Å². The van der Waals surface area contributed by atoms with Crippen molar-refractivity contribution in [3.8, 4) is 0 Å². The summed E-state index contributed by atoms with van der Waals surface area (Å²) in [5.74, 6) is 0.891. The largest absolute Gasteiger partial charge is 0.392 e. The first kappa shape index (κ1) is 14.8. The van der Waals surface area contributed by atoms with Crippen LogP contribution >= 0.6 is 0 Å². The molecule has 0 aromatic rings. The monoisotopic (exact) mass is 303 g/mol. The zero-order valence-corrected chi connectivity index (χ0v) is 13.1. The molecule has 2 saturated heterocycles. The van der Waals surface area contributed by atoms with Crippen molar-refractivity contribution in [3.05, 3.63) is 0 Å². The van der Waals surface area contributed by atoms with Crippen molar-refractivity contribution < 1.29 is 18.3 Å². The van der Waals surface area contributed by atoms with Gasteiger partial charge in [0, 0.05) is 13.1 Å². The molecule has 3 rings (SSSR count). The normalized spacial score (nSPS) is 35.0. The third-order valence-corrected chi connectivity index (χ3v) is 7.84. The van der Waals surface area contributed by atoms with Gasteiger partial charge in [-0.1, -0.05) is 13.8 Å². The van der Waals surface area contributed by atoms with Crippen molar-refractivity contribution in [2.24, 2.45) is 17.3 Å². The number of aliphatic hydroxyl groups excluding tert-OH is 1. The van der Waals surface area contributed by atoms with Gasteiger partial charge in [0.25, 0.3) is 0 Å². The Bertz CT molecular complexity index is 464. The van der Waals surface area contributed by atoms with Gasteiger partial charge in [0.1, 0.15) is 5.25 Å². The van der Waals surface area contributed by atoms with Gasteiger partial charge in [-0.3, -0.25) is 0 Å². The molecule has 6 heteroatoms. The molecule has 1 aliphatic carbocycles. The Morgan fingerprint density at radius 3 is 2.25 bits per heavy atom. The minimum Gasteiger partial charge on any atom is -0.392 e. The number of hydrogen-bond acceptors (Lipinski definition) is 4. The molecule has 0 amide bonds. The van der Waals surface area contributed by atoms with E-state index in [1.165, 1.54) is 0 Å². The fourth-order valence-corrected chi connectivity index (χ4v) is 5.53. The van der Waals surface area contributed by atoms with E-state index in [1.807, 2.05) is 0 Å². The molecule has 20 heavy (non-hydrogen) atoms. The Morgan fingerprint density at radius 2 is 1.85 bits per heavy atom. The molecule has 0 bridgehead atoms. The quantitative estimate of drug-likeness (QED) is 0.839. The van der Waals surface area contributed by atoms with E-state index in [0.29, 0.717) is 38.1 Å². The second-order valence-electron chi connectivity index (χ2n) is 7.02. The zero-order chi connectivity index (χ0) is 14.5. The van der Waals surface area contributed by atoms with Gasteiger partial charge in [-0.05, 0) is 36.5 Å². The SMILES string of the molecule is CC(C)C1CC2(CCN(S(=O)(=O)C3COC3)CC2)C1O. The third kappa shape index (κ3) is 2.12. The molecule has 2 atom stereocenters. The first-order valence-electron chi connectivity index (χ1n) is 7.62. The number of piperidine rings is 1. The van der Waals surface area contributed by atoms with Gasteiger partial charge in [0.05, 0.1) is 19.3 Å². The van der Waals surface area contributed by atoms with Crippen LogP contribution in [0.5, 0.6) is 0 Å². The molecule has 0 aromatic heterocycles. The standard InChI is InChI=1S/C14H25NO4S/c1-10(2)12-7-14(13(12)16)3-5-15(6-4-14)20(17,18)11-8-19-9-11/h10-13,16H,3-9H2,1-2H3. The van der Waals surface area contributed by atoms with Crippen molar-refractivity contribution in [1.82, 2.24) is 4.31 Å². The van der Waals surface area contributed by atoms with E-state index < -0.39 is 10.0 Å². The summed E-state index contributed by atoms with van der Waals surface area (Å²) in [5, 5.41) is 10.1. The molecule has 1 saturated carbocycles. The van der Waals surface area contributed by atoms with Gasteiger partial charge in [-0.15, -0.1) is 0 Å². The van der Waals surface area contributed by atoms with Crippen LogP contribution in [-0.2, 0) is 14.8 Å². The molecule has 2 aliphatic heterocycles. The maximum atomic E-state index is 12.3. The van der Waals surface area contributed by atoms with Crippen LogP contribution in [0.4, 0.5) is 0 Å². The number of hydrogen-bond donors (Lipinski definition) is 1. The maximum Gasteiger partial charge on any atom is 0.221 e. The van der Waals surface area contributed by atoms with Crippen LogP contribution in [0.2, 0.25) is 0 Å². The van der Waals surface area contributed by atoms with E-state index in [1.54, 1.807) is 4.31 Å². The Labute approximate surface area is 121 Å². The first-order chi connectivity index (χ1) is 9.37. The summed E-state index contributed by atoms with van der Waals surface area (Å²) in [7, 11) is -3.18. The first-order valence-corrected chi connectivity index (χ1v) is 9.12. The Balaban J connectivity index is 1.61. The zero-order valence-electron chi connectivity index (χ0n) is 12.3. The Kier molecular flexibility index (Phi) is 3.64. The van der Waals surface area contributed by atoms with Gasteiger partial charge in [0.15, 0.2) is 0 Å². The lowest BCUT2D eigenvalue weighted by Crippen LogP contribution is -2.60. The van der Waals surface area contributed by atoms with Crippen molar-refractivity contribution in [3.63, 3.8) is 0 Å². The van der Waals surface area contributed by atoms with Crippen LogP contribution in [0.15, 0.2) is 0 Å². The van der Waals surface area contributed by atoms with E-state index in [2.05, 4.69) is 13.8 Å². The van der Waals surface area contributed by atoms with Gasteiger partial charge in [-0.25, -0.2) is 12.7 Å². The molecule has 0 aromatic carbocycles. The minimum atomic E-state index is -3.18. The Morgan fingerprint density at radius 1 is 1.25 bits per heavy atom. The van der Waals surface area contributed by atoms with Crippen molar-refractivity contribution >= 4 is 10.0 Å². The fourth-order valence-electron chi connectivity index (χ4n) is 3.88. The van der Waals surface area contributed by atoms with Crippen LogP contribution in [0, 0.1) is 17.3 Å². The Hall–Kier alpha value is -0.170. The maximum absolute atomic E-state index is 12.3. The molecule has 5 nitrogen and oxygen atoms in total. The number of aliphatic hydroxyl groups is 1. The highest BCUT2D eigenvalue weighted by Crippen LogP contribution is 2.55. The van der Waals surface area contributed by atoms with E-state index in [-0.39, 0.29) is 16.8 Å². The molecule has 0 radical (unpaired) electrons. The molecule has 116 valence electrons. The summed E-state index contributed by atoms with van der Waals surface area (Å²) >= 11 is 0. The highest BCUT2D eigenvalue weighted by atomic mass is 32.2. The smallest absolute Gasteiger partial charge is 0.221 e. The van der Waals surface area contributed by atoms with Gasteiger partial charge < -0.3 is 9.84 Å². The molecule has 1 N–H and O–H groups in total. The van der Waals surface area contributed by atoms with Gasteiger partial charge in [-0.2, -0.15) is 0 Å². The lowest BCUT2D eigenvalue weighted by atomic mass is 9.53. The second kappa shape index (κ2) is 4.93.